The molecule has 0 aliphatic heterocycles. The Labute approximate surface area is 220 Å². The standard InChI is InChI=1S/C29H31N7O2/c1-19-13-20(2)24-15-25(29(37)31-26(24)14-19)27(28-32-33-34-36(28)22-8-3-4-9-22)35(18-23-10-6-12-38-23)17-21-7-5-11-30-16-21/h5-7,10-16,22,27H,3-4,8-9,17-18H2,1-2H3,(H,31,37)/t27-/m0/s1. The minimum absolute atomic E-state index is 0.149. The number of H-pyrrole nitrogens is 1. The van der Waals surface area contributed by atoms with Crippen LogP contribution in [0.3, 0.4) is 0 Å². The predicted octanol–water partition coefficient (Wildman–Crippen LogP) is 5.03. The van der Waals surface area contributed by atoms with Crippen molar-refractivity contribution < 1.29 is 4.42 Å². The third-order valence-electron chi connectivity index (χ3n) is 7.48. The highest BCUT2D eigenvalue weighted by molar-refractivity contribution is 5.83. The fourth-order valence-electron chi connectivity index (χ4n) is 5.75. The van der Waals surface area contributed by atoms with E-state index in [0.717, 1.165) is 59.0 Å². The molecule has 1 aliphatic carbocycles. The SMILES string of the molecule is Cc1cc(C)c2cc([C@@H](c3nnnn3C3CCCC3)N(Cc3cccnc3)Cc3ccco3)c(=O)[nH]c2c1. The first kappa shape index (κ1) is 24.2. The van der Waals surface area contributed by atoms with Gasteiger partial charge in [0.05, 0.1) is 18.8 Å². The number of furan rings is 1. The van der Waals surface area contributed by atoms with Crippen LogP contribution in [0.15, 0.2) is 70.3 Å². The molecular formula is C29H31N7O2. The van der Waals surface area contributed by atoms with Crippen LogP contribution < -0.4 is 5.56 Å². The van der Waals surface area contributed by atoms with E-state index in [1.807, 2.05) is 54.2 Å². The smallest absolute Gasteiger partial charge is 0.253 e. The number of hydrogen-bond donors (Lipinski definition) is 1. The van der Waals surface area contributed by atoms with Crippen molar-refractivity contribution in [3.8, 4) is 0 Å². The maximum Gasteiger partial charge on any atom is 0.253 e. The molecule has 1 fully saturated rings. The second-order valence-corrected chi connectivity index (χ2v) is 10.3. The van der Waals surface area contributed by atoms with Crippen molar-refractivity contribution in [1.82, 2.24) is 35.1 Å². The highest BCUT2D eigenvalue weighted by Gasteiger charge is 2.34. The lowest BCUT2D eigenvalue weighted by Crippen LogP contribution is -2.35. The van der Waals surface area contributed by atoms with Crippen LogP contribution in [0.25, 0.3) is 10.9 Å². The van der Waals surface area contributed by atoms with Crippen LogP contribution in [0.5, 0.6) is 0 Å². The molecule has 0 amide bonds. The Morgan fingerprint density at radius 3 is 2.76 bits per heavy atom. The summed E-state index contributed by atoms with van der Waals surface area (Å²) in [4.78, 5) is 23.5. The molecular weight excluding hydrogens is 478 g/mol. The third-order valence-corrected chi connectivity index (χ3v) is 7.48. The maximum absolute atomic E-state index is 13.8. The Morgan fingerprint density at radius 1 is 1.13 bits per heavy atom. The van der Waals surface area contributed by atoms with E-state index in [2.05, 4.69) is 43.4 Å². The van der Waals surface area contributed by atoms with Gasteiger partial charge in [0, 0.05) is 35.4 Å². The molecule has 9 heteroatoms. The van der Waals surface area contributed by atoms with E-state index in [1.165, 1.54) is 0 Å². The van der Waals surface area contributed by atoms with Gasteiger partial charge in [0.2, 0.25) is 0 Å². The monoisotopic (exact) mass is 509 g/mol. The summed E-state index contributed by atoms with van der Waals surface area (Å²) in [5, 5.41) is 14.1. The number of nitrogens with zero attached hydrogens (tertiary/aromatic N) is 6. The number of nitrogens with one attached hydrogen (secondary N) is 1. The molecule has 4 heterocycles. The molecule has 38 heavy (non-hydrogen) atoms. The molecule has 1 saturated carbocycles. The van der Waals surface area contributed by atoms with Crippen molar-refractivity contribution in [2.45, 2.75) is 64.7 Å². The van der Waals surface area contributed by atoms with Gasteiger partial charge in [-0.1, -0.05) is 25.0 Å². The summed E-state index contributed by atoms with van der Waals surface area (Å²) in [7, 11) is 0. The van der Waals surface area contributed by atoms with E-state index >= 15 is 0 Å². The first-order valence-corrected chi connectivity index (χ1v) is 13.1. The van der Waals surface area contributed by atoms with Crippen molar-refractivity contribution >= 4 is 10.9 Å². The van der Waals surface area contributed by atoms with Crippen LogP contribution >= 0.6 is 0 Å². The van der Waals surface area contributed by atoms with Crippen molar-refractivity contribution in [2.24, 2.45) is 0 Å². The number of aromatic nitrogens is 6. The molecule has 1 aliphatic rings. The maximum atomic E-state index is 13.8. The molecule has 4 aromatic heterocycles. The number of aromatic amines is 1. The van der Waals surface area contributed by atoms with E-state index in [0.29, 0.717) is 24.5 Å². The highest BCUT2D eigenvalue weighted by atomic mass is 16.3. The van der Waals surface area contributed by atoms with Gasteiger partial charge in [0.25, 0.3) is 5.56 Å². The number of rotatable bonds is 8. The minimum Gasteiger partial charge on any atom is -0.468 e. The Morgan fingerprint density at radius 2 is 2.00 bits per heavy atom. The zero-order valence-corrected chi connectivity index (χ0v) is 21.7. The first-order valence-electron chi connectivity index (χ1n) is 13.1. The minimum atomic E-state index is -0.509. The molecule has 1 aromatic carbocycles. The van der Waals surface area contributed by atoms with Gasteiger partial charge in [-0.05, 0) is 84.1 Å². The number of fused-ring (bicyclic) bond motifs is 1. The van der Waals surface area contributed by atoms with E-state index in [9.17, 15) is 4.79 Å². The van der Waals surface area contributed by atoms with E-state index < -0.39 is 6.04 Å². The average Bonchev–Trinajstić information content (AvgIpc) is 3.68. The summed E-state index contributed by atoms with van der Waals surface area (Å²) in [6.07, 6.45) is 9.63. The number of pyridine rings is 2. The molecule has 9 nitrogen and oxygen atoms in total. The molecule has 6 rings (SSSR count). The molecule has 0 saturated heterocycles. The quantitative estimate of drug-likeness (QED) is 0.313. The summed E-state index contributed by atoms with van der Waals surface area (Å²) < 4.78 is 7.71. The van der Waals surface area contributed by atoms with Crippen LogP contribution in [-0.4, -0.2) is 35.1 Å². The number of aryl methyl sites for hydroxylation is 2. The Bertz CT molecular complexity index is 1580. The fourth-order valence-corrected chi connectivity index (χ4v) is 5.75. The predicted molar refractivity (Wildman–Crippen MR) is 143 cm³/mol. The Hall–Kier alpha value is -4.11. The summed E-state index contributed by atoms with van der Waals surface area (Å²) in [6, 6.07) is 13.7. The van der Waals surface area contributed by atoms with Gasteiger partial charge >= 0.3 is 0 Å². The third kappa shape index (κ3) is 4.77. The van der Waals surface area contributed by atoms with Crippen LogP contribution in [0.2, 0.25) is 0 Å². The normalized spacial score (nSPS) is 15.0. The van der Waals surface area contributed by atoms with Crippen molar-refractivity contribution in [3.05, 3.63) is 105 Å². The van der Waals surface area contributed by atoms with Gasteiger partial charge in [-0.25, -0.2) is 4.68 Å². The number of benzene rings is 1. The van der Waals surface area contributed by atoms with E-state index in [4.69, 9.17) is 4.42 Å². The van der Waals surface area contributed by atoms with Crippen molar-refractivity contribution in [1.29, 1.82) is 0 Å². The van der Waals surface area contributed by atoms with Gasteiger partial charge in [0.1, 0.15) is 11.8 Å². The van der Waals surface area contributed by atoms with Crippen LogP contribution in [0, 0.1) is 13.8 Å². The van der Waals surface area contributed by atoms with Crippen LogP contribution in [0.1, 0.15) is 71.6 Å². The highest BCUT2D eigenvalue weighted by Crippen LogP contribution is 2.35. The van der Waals surface area contributed by atoms with Gasteiger partial charge in [-0.15, -0.1) is 5.10 Å². The van der Waals surface area contributed by atoms with Crippen molar-refractivity contribution in [2.75, 3.05) is 0 Å². The topological polar surface area (TPSA) is 106 Å². The molecule has 1 atom stereocenters. The zero-order valence-electron chi connectivity index (χ0n) is 21.7. The molecule has 0 spiro atoms. The molecule has 0 radical (unpaired) electrons. The summed E-state index contributed by atoms with van der Waals surface area (Å²) >= 11 is 0. The summed E-state index contributed by atoms with van der Waals surface area (Å²) in [5.74, 6) is 1.46. The fraction of sp³-hybridized carbons (Fsp3) is 0.345. The van der Waals surface area contributed by atoms with E-state index in [-0.39, 0.29) is 11.6 Å². The van der Waals surface area contributed by atoms with Crippen LogP contribution in [-0.2, 0) is 13.1 Å². The molecule has 0 unspecified atom stereocenters. The molecule has 194 valence electrons. The summed E-state index contributed by atoms with van der Waals surface area (Å²) in [6.45, 7) is 5.11. The number of tetrazole rings is 1. The largest absolute Gasteiger partial charge is 0.468 e. The lowest BCUT2D eigenvalue weighted by molar-refractivity contribution is 0.176. The Balaban J connectivity index is 1.55. The second kappa shape index (κ2) is 10.3. The number of hydrogen-bond acceptors (Lipinski definition) is 7. The zero-order chi connectivity index (χ0) is 26.1. The molecule has 0 bridgehead atoms. The second-order valence-electron chi connectivity index (χ2n) is 10.3. The van der Waals surface area contributed by atoms with Crippen LogP contribution in [0.4, 0.5) is 0 Å². The first-order chi connectivity index (χ1) is 18.6. The lowest BCUT2D eigenvalue weighted by Gasteiger charge is -2.31. The van der Waals surface area contributed by atoms with Gasteiger partial charge < -0.3 is 9.40 Å². The Kier molecular flexibility index (Phi) is 6.59. The molecule has 5 aromatic rings. The summed E-state index contributed by atoms with van der Waals surface area (Å²) in [5.41, 5.74) is 4.52. The van der Waals surface area contributed by atoms with Gasteiger partial charge in [-0.2, -0.15) is 0 Å². The average molecular weight is 510 g/mol. The van der Waals surface area contributed by atoms with E-state index in [1.54, 1.807) is 12.5 Å². The van der Waals surface area contributed by atoms with Crippen molar-refractivity contribution in [3.63, 3.8) is 0 Å². The molecule has 1 N–H and O–H groups in total. The lowest BCUT2D eigenvalue weighted by atomic mass is 9.99. The van der Waals surface area contributed by atoms with Gasteiger partial charge in [0.15, 0.2) is 5.82 Å². The van der Waals surface area contributed by atoms with Gasteiger partial charge in [-0.3, -0.25) is 14.7 Å².